The third-order valence-corrected chi connectivity index (χ3v) is 6.55. The number of hydrogen-bond donors (Lipinski definition) is 4. The van der Waals surface area contributed by atoms with E-state index in [9.17, 15) is 14.4 Å². The average Bonchev–Trinajstić information content (AvgIpc) is 3.63. The lowest BCUT2D eigenvalue weighted by atomic mass is 9.96. The Morgan fingerprint density at radius 2 is 1.86 bits per heavy atom. The lowest BCUT2D eigenvalue weighted by molar-refractivity contribution is -0.170. The molecule has 0 bridgehead atoms. The summed E-state index contributed by atoms with van der Waals surface area (Å²) in [6.07, 6.45) is 7.76. The van der Waals surface area contributed by atoms with Gasteiger partial charge in [-0.05, 0) is 42.7 Å². The molecule has 226 valence electrons. The van der Waals surface area contributed by atoms with Crippen molar-refractivity contribution in [3.63, 3.8) is 0 Å². The van der Waals surface area contributed by atoms with Crippen LogP contribution in [0.25, 0.3) is 0 Å². The molecule has 42 heavy (non-hydrogen) atoms. The van der Waals surface area contributed by atoms with Gasteiger partial charge in [-0.25, -0.2) is 9.78 Å². The molecule has 1 aliphatic rings. The second-order valence-electron chi connectivity index (χ2n) is 9.98. The van der Waals surface area contributed by atoms with Crippen molar-refractivity contribution in [1.82, 2.24) is 19.4 Å². The van der Waals surface area contributed by atoms with Crippen molar-refractivity contribution in [2.45, 2.75) is 57.0 Å². The summed E-state index contributed by atoms with van der Waals surface area (Å²) in [4.78, 5) is 41.6. The van der Waals surface area contributed by atoms with E-state index in [4.69, 9.17) is 29.9 Å². The van der Waals surface area contributed by atoms with Crippen LogP contribution in [0.3, 0.4) is 0 Å². The number of carbonyl (C=O) groups is 3. The van der Waals surface area contributed by atoms with Crippen LogP contribution in [0.15, 0.2) is 61.3 Å². The van der Waals surface area contributed by atoms with Crippen molar-refractivity contribution >= 4 is 17.9 Å². The Morgan fingerprint density at radius 1 is 1.10 bits per heavy atom. The number of aliphatic carboxylic acids is 3. The molecule has 1 fully saturated rings. The SMILES string of the molecule is COc1ccc(CN(Cc2ccccn2)CC2CCCO2)cc1Cn1ccnc1.O=C(O)CC(O)(CC(=O)O)C(=O)O. The third-order valence-electron chi connectivity index (χ3n) is 6.55. The van der Waals surface area contributed by atoms with Gasteiger partial charge in [0, 0.05) is 50.4 Å². The van der Waals surface area contributed by atoms with E-state index in [1.807, 2.05) is 30.9 Å². The minimum absolute atomic E-state index is 0.308. The maximum absolute atomic E-state index is 10.3. The zero-order valence-corrected chi connectivity index (χ0v) is 23.3. The van der Waals surface area contributed by atoms with E-state index in [1.165, 1.54) is 5.56 Å². The number of carboxylic acid groups (broad SMARTS) is 3. The monoisotopic (exact) mass is 584 g/mol. The molecule has 1 saturated heterocycles. The van der Waals surface area contributed by atoms with Gasteiger partial charge in [-0.3, -0.25) is 19.5 Å². The summed E-state index contributed by atoms with van der Waals surface area (Å²) >= 11 is 0. The van der Waals surface area contributed by atoms with Gasteiger partial charge in [0.05, 0.1) is 44.6 Å². The Hall–Kier alpha value is -4.33. The highest BCUT2D eigenvalue weighted by molar-refractivity contribution is 5.88. The molecule has 3 heterocycles. The molecule has 4 rings (SSSR count). The number of nitrogens with zero attached hydrogens (tertiary/aromatic N) is 4. The minimum Gasteiger partial charge on any atom is -0.496 e. The second kappa shape index (κ2) is 15.6. The van der Waals surface area contributed by atoms with Gasteiger partial charge in [-0.15, -0.1) is 0 Å². The smallest absolute Gasteiger partial charge is 0.336 e. The van der Waals surface area contributed by atoms with E-state index < -0.39 is 36.4 Å². The van der Waals surface area contributed by atoms with Crippen LogP contribution in [0, 0.1) is 0 Å². The number of aliphatic hydroxyl groups is 1. The molecule has 3 aromatic rings. The van der Waals surface area contributed by atoms with Crippen LogP contribution >= 0.6 is 0 Å². The van der Waals surface area contributed by atoms with Crippen LogP contribution in [-0.2, 0) is 38.8 Å². The Balaban J connectivity index is 0.000000316. The van der Waals surface area contributed by atoms with Crippen LogP contribution in [0.4, 0.5) is 0 Å². The summed E-state index contributed by atoms with van der Waals surface area (Å²) in [5, 5.41) is 33.8. The first kappa shape index (κ1) is 32.2. The fourth-order valence-corrected chi connectivity index (χ4v) is 4.59. The van der Waals surface area contributed by atoms with Crippen molar-refractivity contribution < 1.29 is 44.3 Å². The highest BCUT2D eigenvalue weighted by Gasteiger charge is 2.40. The summed E-state index contributed by atoms with van der Waals surface area (Å²) in [6.45, 7) is 4.18. The molecule has 2 aromatic heterocycles. The number of hydrogen-bond acceptors (Lipinski definition) is 9. The average molecular weight is 585 g/mol. The van der Waals surface area contributed by atoms with Gasteiger partial charge in [-0.1, -0.05) is 12.1 Å². The maximum atomic E-state index is 10.3. The molecule has 1 atom stereocenters. The number of carboxylic acids is 3. The molecular weight excluding hydrogens is 548 g/mol. The predicted octanol–water partition coefficient (Wildman–Crippen LogP) is 2.27. The van der Waals surface area contributed by atoms with E-state index in [0.29, 0.717) is 6.10 Å². The quantitative estimate of drug-likeness (QED) is 0.217. The molecule has 0 amide bonds. The molecule has 1 aliphatic heterocycles. The number of pyridine rings is 1. The second-order valence-corrected chi connectivity index (χ2v) is 9.98. The van der Waals surface area contributed by atoms with Crippen LogP contribution < -0.4 is 4.74 Å². The Kier molecular flexibility index (Phi) is 12.0. The van der Waals surface area contributed by atoms with Crippen molar-refractivity contribution in [3.8, 4) is 5.75 Å². The van der Waals surface area contributed by atoms with Gasteiger partial charge < -0.3 is 34.5 Å². The van der Waals surface area contributed by atoms with Crippen molar-refractivity contribution in [1.29, 1.82) is 0 Å². The molecule has 1 unspecified atom stereocenters. The van der Waals surface area contributed by atoms with Gasteiger partial charge >= 0.3 is 17.9 Å². The fraction of sp³-hybridized carbons (Fsp3) is 0.414. The van der Waals surface area contributed by atoms with E-state index in [1.54, 1.807) is 13.3 Å². The summed E-state index contributed by atoms with van der Waals surface area (Å²) in [5.41, 5.74) is 0.753. The topological polar surface area (TPSA) is 185 Å². The van der Waals surface area contributed by atoms with Crippen LogP contribution in [-0.4, -0.2) is 89.7 Å². The normalized spacial score (nSPS) is 14.7. The van der Waals surface area contributed by atoms with Gasteiger partial charge in [0.2, 0.25) is 0 Å². The summed E-state index contributed by atoms with van der Waals surface area (Å²) in [6, 6.07) is 12.5. The van der Waals surface area contributed by atoms with Crippen molar-refractivity contribution in [2.24, 2.45) is 0 Å². The molecule has 4 N–H and O–H groups in total. The number of aromatic nitrogens is 3. The van der Waals surface area contributed by atoms with Crippen LogP contribution in [0.2, 0.25) is 0 Å². The van der Waals surface area contributed by atoms with E-state index in [0.717, 1.165) is 62.6 Å². The molecule has 13 nitrogen and oxygen atoms in total. The number of ether oxygens (including phenoxy) is 2. The third kappa shape index (κ3) is 10.3. The van der Waals surface area contributed by atoms with Gasteiger partial charge in [-0.2, -0.15) is 0 Å². The number of methoxy groups -OCH3 is 1. The van der Waals surface area contributed by atoms with Crippen LogP contribution in [0.1, 0.15) is 42.5 Å². The zero-order valence-electron chi connectivity index (χ0n) is 23.3. The zero-order chi connectivity index (χ0) is 30.5. The number of benzene rings is 1. The van der Waals surface area contributed by atoms with Gasteiger partial charge in [0.15, 0.2) is 5.60 Å². The molecule has 0 saturated carbocycles. The minimum atomic E-state index is -2.74. The first-order valence-corrected chi connectivity index (χ1v) is 13.3. The van der Waals surface area contributed by atoms with Gasteiger partial charge in [0.1, 0.15) is 5.75 Å². The number of imidazole rings is 1. The van der Waals surface area contributed by atoms with Gasteiger partial charge in [0.25, 0.3) is 0 Å². The largest absolute Gasteiger partial charge is 0.496 e. The van der Waals surface area contributed by atoms with Crippen LogP contribution in [0.5, 0.6) is 5.75 Å². The lowest BCUT2D eigenvalue weighted by Crippen LogP contribution is -2.42. The molecular formula is C29H36N4O9. The first-order chi connectivity index (χ1) is 20.1. The standard InChI is InChI=1S/C23H28N4O2.C6H8O7/c1-28-23-8-7-19(13-20(23)15-26-11-10-24-18-26)14-27(17-22-6-4-12-29-22)16-21-5-2-3-9-25-21;7-3(8)1-6(13,5(11)12)2-4(9)10/h2-3,5,7-11,13,18,22H,4,6,12,14-17H2,1H3;13H,1-2H2,(H,7,8)(H,9,10)(H,11,12). The summed E-state index contributed by atoms with van der Waals surface area (Å²) in [7, 11) is 1.72. The lowest BCUT2D eigenvalue weighted by Gasteiger charge is -2.25. The highest BCUT2D eigenvalue weighted by atomic mass is 16.5. The highest BCUT2D eigenvalue weighted by Crippen LogP contribution is 2.23. The Bertz CT molecular complexity index is 1280. The first-order valence-electron chi connectivity index (χ1n) is 13.3. The van der Waals surface area contributed by atoms with E-state index >= 15 is 0 Å². The van der Waals surface area contributed by atoms with E-state index in [2.05, 4.69) is 43.7 Å². The molecule has 1 aromatic carbocycles. The van der Waals surface area contributed by atoms with Crippen molar-refractivity contribution in [3.05, 3.63) is 78.1 Å². The maximum Gasteiger partial charge on any atom is 0.336 e. The molecule has 0 spiro atoms. The predicted molar refractivity (Wildman–Crippen MR) is 149 cm³/mol. The Morgan fingerprint density at radius 3 is 2.40 bits per heavy atom. The molecule has 0 aliphatic carbocycles. The Labute approximate surface area is 243 Å². The number of rotatable bonds is 14. The summed E-state index contributed by atoms with van der Waals surface area (Å²) in [5.74, 6) is -4.12. The fourth-order valence-electron chi connectivity index (χ4n) is 4.59. The molecule has 0 radical (unpaired) electrons. The molecule has 13 heteroatoms. The van der Waals surface area contributed by atoms with E-state index in [-0.39, 0.29) is 0 Å². The van der Waals surface area contributed by atoms with Crippen molar-refractivity contribution in [2.75, 3.05) is 20.3 Å². The summed E-state index contributed by atoms with van der Waals surface area (Å²) < 4.78 is 13.5.